The van der Waals surface area contributed by atoms with Gasteiger partial charge in [0.05, 0.1) is 6.10 Å². The zero-order valence-electron chi connectivity index (χ0n) is 11.0. The van der Waals surface area contributed by atoms with Crippen LogP contribution in [0.1, 0.15) is 5.56 Å². The molecule has 1 aromatic rings. The number of likely N-dealkylation sites (N-methyl/N-ethyl adjacent to an activating group) is 1. The molecule has 5 nitrogen and oxygen atoms in total. The molecular formula is C14H19N3O2. The van der Waals surface area contributed by atoms with Crippen LogP contribution in [0.25, 0.3) is 0 Å². The van der Waals surface area contributed by atoms with E-state index in [-0.39, 0.29) is 24.0 Å². The predicted octanol–water partition coefficient (Wildman–Crippen LogP) is 0.136. The second-order valence-electron chi connectivity index (χ2n) is 5.21. The molecule has 2 aliphatic rings. The number of amides is 1. The van der Waals surface area contributed by atoms with Gasteiger partial charge in [0.15, 0.2) is 0 Å². The Kier molecular flexibility index (Phi) is 3.50. The van der Waals surface area contributed by atoms with Gasteiger partial charge in [-0.15, -0.1) is 0 Å². The Labute approximate surface area is 112 Å². The van der Waals surface area contributed by atoms with E-state index < -0.39 is 0 Å². The maximum atomic E-state index is 11.7. The Morgan fingerprint density at radius 1 is 1.42 bits per heavy atom. The molecule has 5 heteroatoms. The molecule has 0 aromatic heterocycles. The number of benzene rings is 1. The molecule has 1 amide bonds. The highest BCUT2D eigenvalue weighted by Crippen LogP contribution is 2.28. The fourth-order valence-electron chi connectivity index (χ4n) is 2.95. The SMILES string of the molecule is CNC(=O)[C@H]1NO[C@@H]2CN(Cc3ccccc3)C[C@H]12. The number of nitrogens with one attached hydrogen (secondary N) is 2. The van der Waals surface area contributed by atoms with Crippen molar-refractivity contribution >= 4 is 5.91 Å². The highest BCUT2D eigenvalue weighted by atomic mass is 16.7. The van der Waals surface area contributed by atoms with Crippen molar-refractivity contribution in [2.45, 2.75) is 18.7 Å². The van der Waals surface area contributed by atoms with Gasteiger partial charge in [0.25, 0.3) is 0 Å². The molecule has 0 spiro atoms. The lowest BCUT2D eigenvalue weighted by Crippen LogP contribution is -2.44. The Hall–Kier alpha value is -1.43. The smallest absolute Gasteiger partial charge is 0.239 e. The third-order valence-corrected chi connectivity index (χ3v) is 3.94. The topological polar surface area (TPSA) is 53.6 Å². The second-order valence-corrected chi connectivity index (χ2v) is 5.21. The highest BCUT2D eigenvalue weighted by molar-refractivity contribution is 5.82. The average Bonchev–Trinajstić information content (AvgIpc) is 2.98. The molecule has 2 fully saturated rings. The highest BCUT2D eigenvalue weighted by Gasteiger charge is 2.46. The molecule has 3 rings (SSSR count). The third-order valence-electron chi connectivity index (χ3n) is 3.94. The summed E-state index contributed by atoms with van der Waals surface area (Å²) < 4.78 is 0. The number of fused-ring (bicyclic) bond motifs is 1. The molecule has 1 aromatic carbocycles. The minimum atomic E-state index is -0.226. The molecule has 0 saturated carbocycles. The summed E-state index contributed by atoms with van der Waals surface area (Å²) in [4.78, 5) is 19.6. The van der Waals surface area contributed by atoms with E-state index in [1.165, 1.54) is 5.56 Å². The van der Waals surface area contributed by atoms with E-state index in [9.17, 15) is 4.79 Å². The summed E-state index contributed by atoms with van der Waals surface area (Å²) in [6.07, 6.45) is 0.117. The monoisotopic (exact) mass is 261 g/mol. The first-order valence-electron chi connectivity index (χ1n) is 6.67. The summed E-state index contributed by atoms with van der Waals surface area (Å²) in [6, 6.07) is 10.2. The number of carbonyl (C=O) groups is 1. The van der Waals surface area contributed by atoms with Crippen molar-refractivity contribution in [2.24, 2.45) is 5.92 Å². The summed E-state index contributed by atoms with van der Waals surface area (Å²) in [7, 11) is 1.66. The maximum absolute atomic E-state index is 11.7. The first-order valence-corrected chi connectivity index (χ1v) is 6.67. The van der Waals surface area contributed by atoms with Gasteiger partial charge in [-0.2, -0.15) is 5.48 Å². The Balaban J connectivity index is 1.63. The number of carbonyl (C=O) groups excluding carboxylic acids is 1. The summed E-state index contributed by atoms with van der Waals surface area (Å²) in [6.45, 7) is 2.68. The predicted molar refractivity (Wildman–Crippen MR) is 71.1 cm³/mol. The van der Waals surface area contributed by atoms with Crippen LogP contribution < -0.4 is 10.8 Å². The van der Waals surface area contributed by atoms with Crippen LogP contribution in [-0.2, 0) is 16.2 Å². The minimum absolute atomic E-state index is 0.00839. The molecule has 0 unspecified atom stereocenters. The molecule has 3 atom stereocenters. The number of hydrogen-bond donors (Lipinski definition) is 2. The average molecular weight is 261 g/mol. The van der Waals surface area contributed by atoms with Gasteiger partial charge in [-0.3, -0.25) is 14.5 Å². The summed E-state index contributed by atoms with van der Waals surface area (Å²) in [5.41, 5.74) is 4.15. The Morgan fingerprint density at radius 3 is 2.95 bits per heavy atom. The van der Waals surface area contributed by atoms with Crippen LogP contribution in [0.15, 0.2) is 30.3 Å². The Bertz CT molecular complexity index is 451. The van der Waals surface area contributed by atoms with Gasteiger partial charge in [-0.1, -0.05) is 30.3 Å². The van der Waals surface area contributed by atoms with Crippen LogP contribution in [0.5, 0.6) is 0 Å². The summed E-state index contributed by atoms with van der Waals surface area (Å²) in [5.74, 6) is 0.248. The Morgan fingerprint density at radius 2 is 2.21 bits per heavy atom. The van der Waals surface area contributed by atoms with Crippen LogP contribution in [0, 0.1) is 5.92 Å². The van der Waals surface area contributed by atoms with Gasteiger partial charge in [-0.25, -0.2) is 0 Å². The van der Waals surface area contributed by atoms with Crippen LogP contribution in [0.2, 0.25) is 0 Å². The fourth-order valence-corrected chi connectivity index (χ4v) is 2.95. The number of nitrogens with zero attached hydrogens (tertiary/aromatic N) is 1. The van der Waals surface area contributed by atoms with Crippen molar-refractivity contribution in [2.75, 3.05) is 20.1 Å². The molecule has 0 radical (unpaired) electrons. The van der Waals surface area contributed by atoms with E-state index in [1.54, 1.807) is 7.05 Å². The molecule has 2 heterocycles. The number of rotatable bonds is 3. The van der Waals surface area contributed by atoms with Crippen LogP contribution in [0.3, 0.4) is 0 Å². The van der Waals surface area contributed by atoms with Gasteiger partial charge in [0.1, 0.15) is 6.04 Å². The minimum Gasteiger partial charge on any atom is -0.358 e. The fraction of sp³-hybridized carbons (Fsp3) is 0.500. The molecule has 0 aliphatic carbocycles. The van der Waals surface area contributed by atoms with Crippen molar-refractivity contribution in [3.8, 4) is 0 Å². The zero-order valence-corrected chi connectivity index (χ0v) is 11.0. The largest absolute Gasteiger partial charge is 0.358 e. The van der Waals surface area contributed by atoms with E-state index in [2.05, 4.69) is 40.0 Å². The standard InChI is InChI=1S/C14H19N3O2/c1-15-14(18)13-11-8-17(9-12(11)19-16-13)7-10-5-3-2-4-6-10/h2-6,11-13,16H,7-9H2,1H3,(H,15,18)/t11-,12+,13-/m0/s1. The molecule has 2 saturated heterocycles. The molecular weight excluding hydrogens is 242 g/mol. The lowest BCUT2D eigenvalue weighted by Gasteiger charge is -2.19. The van der Waals surface area contributed by atoms with E-state index >= 15 is 0 Å². The van der Waals surface area contributed by atoms with Gasteiger partial charge in [-0.05, 0) is 5.56 Å². The van der Waals surface area contributed by atoms with Gasteiger partial charge in [0, 0.05) is 32.6 Å². The van der Waals surface area contributed by atoms with Crippen LogP contribution in [0.4, 0.5) is 0 Å². The van der Waals surface area contributed by atoms with Gasteiger partial charge < -0.3 is 5.32 Å². The number of hydroxylamine groups is 1. The lowest BCUT2D eigenvalue weighted by molar-refractivity contribution is -0.124. The first-order chi connectivity index (χ1) is 9.28. The van der Waals surface area contributed by atoms with Crippen molar-refractivity contribution in [1.29, 1.82) is 0 Å². The van der Waals surface area contributed by atoms with Gasteiger partial charge in [0.2, 0.25) is 5.91 Å². The normalized spacial score (nSPS) is 30.3. The maximum Gasteiger partial charge on any atom is 0.239 e. The second kappa shape index (κ2) is 5.28. The van der Waals surface area contributed by atoms with E-state index in [1.807, 2.05) is 6.07 Å². The number of likely N-dealkylation sites (tertiary alicyclic amines) is 1. The molecule has 19 heavy (non-hydrogen) atoms. The van der Waals surface area contributed by atoms with Gasteiger partial charge >= 0.3 is 0 Å². The summed E-state index contributed by atoms with van der Waals surface area (Å²) >= 11 is 0. The third kappa shape index (κ3) is 2.49. The van der Waals surface area contributed by atoms with Crippen LogP contribution in [-0.4, -0.2) is 43.1 Å². The van der Waals surface area contributed by atoms with Crippen molar-refractivity contribution in [3.63, 3.8) is 0 Å². The number of hydrogen-bond acceptors (Lipinski definition) is 4. The molecule has 102 valence electrons. The lowest BCUT2D eigenvalue weighted by atomic mass is 9.98. The van der Waals surface area contributed by atoms with Crippen molar-refractivity contribution in [1.82, 2.24) is 15.7 Å². The van der Waals surface area contributed by atoms with Crippen LogP contribution >= 0.6 is 0 Å². The zero-order chi connectivity index (χ0) is 13.2. The van der Waals surface area contributed by atoms with E-state index in [4.69, 9.17) is 4.84 Å². The molecule has 2 aliphatic heterocycles. The molecule has 0 bridgehead atoms. The van der Waals surface area contributed by atoms with Crippen molar-refractivity contribution < 1.29 is 9.63 Å². The van der Waals surface area contributed by atoms with Crippen molar-refractivity contribution in [3.05, 3.63) is 35.9 Å². The molecule has 2 N–H and O–H groups in total. The van der Waals surface area contributed by atoms with E-state index in [0.717, 1.165) is 19.6 Å². The summed E-state index contributed by atoms with van der Waals surface area (Å²) in [5, 5.41) is 2.68. The quantitative estimate of drug-likeness (QED) is 0.812. The first kappa shape index (κ1) is 12.6. The van der Waals surface area contributed by atoms with E-state index in [0.29, 0.717) is 0 Å².